The molecule has 1 aliphatic rings. The monoisotopic (exact) mass is 935 g/mol. The Morgan fingerprint density at radius 1 is 0.803 bits per heavy atom. The van der Waals surface area contributed by atoms with Gasteiger partial charge in [-0.1, -0.05) is 68.8 Å². The summed E-state index contributed by atoms with van der Waals surface area (Å²) in [6.07, 6.45) is -0.673. The van der Waals surface area contributed by atoms with Crippen LogP contribution in [0.5, 0.6) is 0 Å². The fourth-order valence-electron chi connectivity index (χ4n) is 7.15. The molecule has 1 heterocycles. The summed E-state index contributed by atoms with van der Waals surface area (Å²) < 4.78 is 0. The minimum atomic E-state index is -1.66. The number of nitrogens with two attached hydrogens (primary N) is 1. The van der Waals surface area contributed by atoms with Crippen LogP contribution < -0.4 is 43.0 Å². The van der Waals surface area contributed by atoms with Gasteiger partial charge in [0, 0.05) is 48.3 Å². The van der Waals surface area contributed by atoms with E-state index in [0.29, 0.717) is 24.3 Å². The van der Waals surface area contributed by atoms with Crippen LogP contribution in [0.4, 0.5) is 11.4 Å². The van der Waals surface area contributed by atoms with Crippen LogP contribution in [0.15, 0.2) is 66.7 Å². The Labute approximate surface area is 386 Å². The minimum Gasteiger partial charge on any atom is -0.391 e. The van der Waals surface area contributed by atoms with Crippen LogP contribution in [0.25, 0.3) is 10.8 Å². The van der Waals surface area contributed by atoms with E-state index in [1.807, 2.05) is 42.5 Å². The molecule has 0 radical (unpaired) electrons. The standard InChI is InChI=1S/C45H61N9O11S/c1-25(2)37(43(61)53-38(26(3)55)44(62)49-34(40(46)58)23-28-16-18-30(19-17-28)54(64)65)51-45(63)39(27(4)56)52-42(60)35-24-66-22-9-5-6-15-36(57)48-33(41(59)50-35)20-21-47-32-14-10-12-29-11-7-8-13-31(29)32/h7-8,10-14,16-19,25-27,33-35,37-39,47,55-56H,5-6,9,15,20-24H2,1-4H3,(H2,46,58)(H,48,57)(H,49,62)(H,50,59)(H,51,63)(H,52,60)(H,53,61)/t26-,27-,33+,34+,35+,37+,38+,39+/m1/s1. The van der Waals surface area contributed by atoms with Gasteiger partial charge in [-0.25, -0.2) is 0 Å². The number of benzene rings is 3. The van der Waals surface area contributed by atoms with Crippen LogP contribution in [-0.4, -0.2) is 123 Å². The van der Waals surface area contributed by atoms with Crippen molar-refractivity contribution in [2.24, 2.45) is 11.7 Å². The molecule has 20 nitrogen and oxygen atoms in total. The number of aliphatic hydroxyl groups is 2. The Bertz CT molecular complexity index is 2190. The third-order valence-corrected chi connectivity index (χ3v) is 12.1. The number of nitrogens with one attached hydrogen (secondary N) is 7. The quantitative estimate of drug-likeness (QED) is 0.0592. The first-order valence-electron chi connectivity index (χ1n) is 21.9. The number of aliphatic hydroxyl groups excluding tert-OH is 2. The van der Waals surface area contributed by atoms with Crippen molar-refractivity contribution in [3.8, 4) is 0 Å². The number of thioether (sulfide) groups is 1. The van der Waals surface area contributed by atoms with Crippen LogP contribution in [0.3, 0.4) is 0 Å². The molecule has 21 heteroatoms. The Morgan fingerprint density at radius 3 is 2.08 bits per heavy atom. The number of non-ortho nitro benzene ring substituents is 1. The number of fused-ring (bicyclic) bond motifs is 1. The van der Waals surface area contributed by atoms with Gasteiger partial charge in [0.2, 0.25) is 41.4 Å². The van der Waals surface area contributed by atoms with Crippen molar-refractivity contribution in [2.45, 2.75) is 115 Å². The van der Waals surface area contributed by atoms with Gasteiger partial charge in [0.05, 0.1) is 17.1 Å². The van der Waals surface area contributed by atoms with Gasteiger partial charge in [0.25, 0.3) is 5.69 Å². The molecule has 3 aromatic carbocycles. The molecule has 0 spiro atoms. The molecule has 4 rings (SSSR count). The summed E-state index contributed by atoms with van der Waals surface area (Å²) in [6, 6.07) is 10.6. The molecule has 66 heavy (non-hydrogen) atoms. The first kappa shape index (κ1) is 52.3. The molecule has 358 valence electrons. The molecule has 0 aliphatic carbocycles. The van der Waals surface area contributed by atoms with Gasteiger partial charge in [-0.3, -0.25) is 43.7 Å². The smallest absolute Gasteiger partial charge is 0.269 e. The maximum Gasteiger partial charge on any atom is 0.269 e. The average molecular weight is 936 g/mol. The van der Waals surface area contributed by atoms with Crippen molar-refractivity contribution in [3.05, 3.63) is 82.4 Å². The Hall–Kier alpha value is -6.32. The second-order valence-corrected chi connectivity index (χ2v) is 17.7. The zero-order chi connectivity index (χ0) is 48.5. The first-order valence-corrected chi connectivity index (χ1v) is 23.0. The number of hydrogen-bond donors (Lipinski definition) is 10. The number of carbonyl (C=O) groups is 7. The number of hydrogen-bond acceptors (Lipinski definition) is 13. The third kappa shape index (κ3) is 15.7. The molecular formula is C45H61N9O11S. The van der Waals surface area contributed by atoms with Crippen molar-refractivity contribution in [1.29, 1.82) is 0 Å². The molecule has 1 aliphatic heterocycles. The predicted octanol–water partition coefficient (Wildman–Crippen LogP) is 0.912. The number of rotatable bonds is 19. The summed E-state index contributed by atoms with van der Waals surface area (Å²) in [5, 5.41) is 53.1. The summed E-state index contributed by atoms with van der Waals surface area (Å²) in [6.45, 7) is 5.92. The van der Waals surface area contributed by atoms with Gasteiger partial charge in [0.15, 0.2) is 0 Å². The van der Waals surface area contributed by atoms with Crippen LogP contribution >= 0.6 is 11.8 Å². The second-order valence-electron chi connectivity index (χ2n) is 16.6. The van der Waals surface area contributed by atoms with Gasteiger partial charge in [-0.15, -0.1) is 0 Å². The van der Waals surface area contributed by atoms with Crippen molar-refractivity contribution in [2.75, 3.05) is 23.4 Å². The summed E-state index contributed by atoms with van der Waals surface area (Å²) in [5.41, 5.74) is 6.61. The van der Waals surface area contributed by atoms with Crippen LogP contribution in [0.1, 0.15) is 65.4 Å². The third-order valence-electron chi connectivity index (χ3n) is 10.9. The molecule has 0 aromatic heterocycles. The van der Waals surface area contributed by atoms with Crippen molar-refractivity contribution < 1.29 is 48.7 Å². The number of nitrogens with zero attached hydrogens (tertiary/aromatic N) is 1. The van der Waals surface area contributed by atoms with E-state index in [-0.39, 0.29) is 36.6 Å². The lowest BCUT2D eigenvalue weighted by Gasteiger charge is -2.30. The molecule has 0 bridgehead atoms. The van der Waals surface area contributed by atoms with E-state index < -0.39 is 94.7 Å². The lowest BCUT2D eigenvalue weighted by Crippen LogP contribution is -2.63. The molecule has 1 fully saturated rings. The highest BCUT2D eigenvalue weighted by atomic mass is 32.2. The fourth-order valence-corrected chi connectivity index (χ4v) is 8.19. The van der Waals surface area contributed by atoms with E-state index in [0.717, 1.165) is 29.3 Å². The van der Waals surface area contributed by atoms with E-state index in [2.05, 4.69) is 37.2 Å². The van der Waals surface area contributed by atoms with E-state index in [4.69, 9.17) is 5.73 Å². The largest absolute Gasteiger partial charge is 0.391 e. The highest BCUT2D eigenvalue weighted by Crippen LogP contribution is 2.23. The Kier molecular flexibility index (Phi) is 20.1. The fraction of sp³-hybridized carbons (Fsp3) is 0.489. The number of primary amides is 1. The van der Waals surface area contributed by atoms with Gasteiger partial charge in [-0.05, 0) is 61.8 Å². The number of amides is 7. The highest BCUT2D eigenvalue weighted by Gasteiger charge is 2.37. The average Bonchev–Trinajstić information content (AvgIpc) is 3.28. The minimum absolute atomic E-state index is 0.102. The molecule has 7 amide bonds. The van der Waals surface area contributed by atoms with E-state index in [9.17, 15) is 53.9 Å². The molecule has 0 unspecified atom stereocenters. The molecule has 3 aromatic rings. The van der Waals surface area contributed by atoms with Crippen LogP contribution in [-0.2, 0) is 40.0 Å². The van der Waals surface area contributed by atoms with E-state index in [1.165, 1.54) is 49.9 Å². The van der Waals surface area contributed by atoms with Crippen LogP contribution in [0, 0.1) is 16.0 Å². The van der Waals surface area contributed by atoms with E-state index >= 15 is 0 Å². The Balaban J connectivity index is 1.44. The maximum absolute atomic E-state index is 13.9. The lowest BCUT2D eigenvalue weighted by molar-refractivity contribution is -0.384. The SMILES string of the molecule is CC(C)[C@H](NC(=O)[C@@H](NC(=O)[C@@H]1CSCCCCCC(=O)N[C@@H](CCNc2cccc3ccccc23)C(=O)N1)[C@@H](C)O)C(=O)N[C@H](C(=O)N[C@@H](Cc1ccc([N+](=O)[O-])cc1)C(N)=O)[C@@H](C)O. The van der Waals surface area contributed by atoms with E-state index in [1.54, 1.807) is 13.8 Å². The number of carbonyl (C=O) groups excluding carboxylic acids is 7. The lowest BCUT2D eigenvalue weighted by atomic mass is 10.0. The van der Waals surface area contributed by atoms with Gasteiger partial charge >= 0.3 is 0 Å². The zero-order valence-electron chi connectivity index (χ0n) is 37.4. The van der Waals surface area contributed by atoms with Gasteiger partial charge in [0.1, 0.15) is 36.3 Å². The molecular weight excluding hydrogens is 875 g/mol. The first-order chi connectivity index (χ1) is 31.4. The summed E-state index contributed by atoms with van der Waals surface area (Å²) in [7, 11) is 0. The van der Waals surface area contributed by atoms with Crippen molar-refractivity contribution in [1.82, 2.24) is 31.9 Å². The zero-order valence-corrected chi connectivity index (χ0v) is 38.2. The molecule has 0 saturated carbocycles. The molecule has 8 atom stereocenters. The second kappa shape index (κ2) is 25.4. The highest BCUT2D eigenvalue weighted by molar-refractivity contribution is 7.99. The normalized spacial score (nSPS) is 18.8. The summed E-state index contributed by atoms with van der Waals surface area (Å²) in [4.78, 5) is 104. The number of nitro benzene ring substituents is 1. The van der Waals surface area contributed by atoms with Gasteiger partial charge in [-0.2, -0.15) is 11.8 Å². The molecule has 1 saturated heterocycles. The summed E-state index contributed by atoms with van der Waals surface area (Å²) >= 11 is 1.40. The maximum atomic E-state index is 13.9. The van der Waals surface area contributed by atoms with Crippen molar-refractivity contribution in [3.63, 3.8) is 0 Å². The molecule has 11 N–H and O–H groups in total. The Morgan fingerprint density at radius 2 is 1.42 bits per heavy atom. The number of anilines is 1. The topological polar surface area (TPSA) is 313 Å². The van der Waals surface area contributed by atoms with Crippen LogP contribution in [0.2, 0.25) is 0 Å². The predicted molar refractivity (Wildman–Crippen MR) is 249 cm³/mol. The number of nitro groups is 1. The van der Waals surface area contributed by atoms with Gasteiger partial charge < -0.3 is 53.2 Å². The van der Waals surface area contributed by atoms with Crippen molar-refractivity contribution >= 4 is 75.3 Å². The summed E-state index contributed by atoms with van der Waals surface area (Å²) in [5.74, 6) is -5.52.